The van der Waals surface area contributed by atoms with Crippen molar-refractivity contribution in [3.63, 3.8) is 0 Å². The Morgan fingerprint density at radius 3 is 2.35 bits per heavy atom. The third-order valence-electron chi connectivity index (χ3n) is 4.19. The van der Waals surface area contributed by atoms with Gasteiger partial charge >= 0.3 is 5.63 Å². The van der Waals surface area contributed by atoms with Crippen LogP contribution in [0.1, 0.15) is 15.9 Å². The van der Waals surface area contributed by atoms with Crippen LogP contribution >= 0.6 is 15.9 Å². The van der Waals surface area contributed by atoms with Crippen LogP contribution in [-0.4, -0.2) is 5.78 Å². The van der Waals surface area contributed by atoms with E-state index < -0.39 is 5.63 Å². The Morgan fingerprint density at radius 2 is 1.58 bits per heavy atom. The van der Waals surface area contributed by atoms with Gasteiger partial charge < -0.3 is 4.42 Å². The average molecular weight is 405 g/mol. The number of ketones is 1. The molecule has 0 unspecified atom stereocenters. The standard InChI is InChI=1S/C22H13BrO3/c23-16-10-6-9-15(13-16)21(24)20-19(14-7-2-1-3-8-14)17-11-4-5-12-18(17)26-22(20)25/h1-13H. The summed E-state index contributed by atoms with van der Waals surface area (Å²) in [5.74, 6) is -0.357. The van der Waals surface area contributed by atoms with E-state index in [9.17, 15) is 9.59 Å². The van der Waals surface area contributed by atoms with Gasteiger partial charge in [0.25, 0.3) is 0 Å². The highest BCUT2D eigenvalue weighted by Crippen LogP contribution is 2.31. The van der Waals surface area contributed by atoms with Crippen molar-refractivity contribution in [1.82, 2.24) is 0 Å². The minimum atomic E-state index is -0.632. The first-order chi connectivity index (χ1) is 12.6. The summed E-state index contributed by atoms with van der Waals surface area (Å²) in [5.41, 5.74) is 1.71. The highest BCUT2D eigenvalue weighted by molar-refractivity contribution is 9.10. The number of halogens is 1. The molecule has 0 saturated carbocycles. The zero-order valence-corrected chi connectivity index (χ0v) is 15.2. The lowest BCUT2D eigenvalue weighted by atomic mass is 9.92. The molecule has 4 rings (SSSR count). The lowest BCUT2D eigenvalue weighted by molar-refractivity contribution is 0.103. The van der Waals surface area contributed by atoms with Gasteiger partial charge in [0.2, 0.25) is 5.78 Å². The van der Waals surface area contributed by atoms with E-state index in [2.05, 4.69) is 15.9 Å². The van der Waals surface area contributed by atoms with E-state index in [0.717, 1.165) is 15.4 Å². The van der Waals surface area contributed by atoms with E-state index in [1.807, 2.05) is 48.5 Å². The van der Waals surface area contributed by atoms with Crippen molar-refractivity contribution in [2.24, 2.45) is 0 Å². The van der Waals surface area contributed by atoms with Crippen molar-refractivity contribution in [3.05, 3.63) is 105 Å². The highest BCUT2D eigenvalue weighted by Gasteiger charge is 2.23. The van der Waals surface area contributed by atoms with Gasteiger partial charge in [-0.1, -0.05) is 76.6 Å². The Morgan fingerprint density at radius 1 is 0.846 bits per heavy atom. The molecule has 4 heteroatoms. The van der Waals surface area contributed by atoms with Crippen LogP contribution in [0, 0.1) is 0 Å². The highest BCUT2D eigenvalue weighted by atomic mass is 79.9. The molecule has 0 aliphatic carbocycles. The number of carbonyl (C=O) groups is 1. The summed E-state index contributed by atoms with van der Waals surface area (Å²) >= 11 is 3.37. The topological polar surface area (TPSA) is 47.3 Å². The van der Waals surface area contributed by atoms with Gasteiger partial charge in [0, 0.05) is 21.0 Å². The molecule has 0 spiro atoms. The Kier molecular flexibility index (Phi) is 4.27. The van der Waals surface area contributed by atoms with Gasteiger partial charge in [-0.05, 0) is 23.8 Å². The number of fused-ring (bicyclic) bond motifs is 1. The number of para-hydroxylation sites is 1. The predicted molar refractivity (Wildman–Crippen MR) is 105 cm³/mol. The normalized spacial score (nSPS) is 10.8. The van der Waals surface area contributed by atoms with Crippen LogP contribution in [0.3, 0.4) is 0 Å². The molecule has 0 radical (unpaired) electrons. The molecular formula is C22H13BrO3. The van der Waals surface area contributed by atoms with Gasteiger partial charge in [0.15, 0.2) is 0 Å². The molecule has 0 N–H and O–H groups in total. The first kappa shape index (κ1) is 16.5. The molecule has 0 saturated heterocycles. The zero-order valence-electron chi connectivity index (χ0n) is 13.6. The van der Waals surface area contributed by atoms with Crippen molar-refractivity contribution in [1.29, 1.82) is 0 Å². The maximum absolute atomic E-state index is 13.2. The molecule has 3 aromatic carbocycles. The Labute approximate surface area is 158 Å². The fourth-order valence-electron chi connectivity index (χ4n) is 3.03. The number of hydrogen-bond acceptors (Lipinski definition) is 3. The fraction of sp³-hybridized carbons (Fsp3) is 0. The summed E-state index contributed by atoms with van der Waals surface area (Å²) in [4.78, 5) is 25.9. The van der Waals surface area contributed by atoms with E-state index in [4.69, 9.17) is 4.42 Å². The summed E-state index contributed by atoms with van der Waals surface area (Å²) < 4.78 is 6.21. The summed E-state index contributed by atoms with van der Waals surface area (Å²) in [6.07, 6.45) is 0. The maximum atomic E-state index is 13.2. The first-order valence-electron chi connectivity index (χ1n) is 8.06. The molecule has 0 aliphatic rings. The summed E-state index contributed by atoms with van der Waals surface area (Å²) in [7, 11) is 0. The third kappa shape index (κ3) is 2.89. The van der Waals surface area contributed by atoms with Crippen molar-refractivity contribution < 1.29 is 9.21 Å². The van der Waals surface area contributed by atoms with Crippen LogP contribution in [0.4, 0.5) is 0 Å². The van der Waals surface area contributed by atoms with Gasteiger partial charge in [-0.25, -0.2) is 4.79 Å². The van der Waals surface area contributed by atoms with Crippen LogP contribution in [0.15, 0.2) is 92.5 Å². The van der Waals surface area contributed by atoms with E-state index in [1.54, 1.807) is 30.3 Å². The van der Waals surface area contributed by atoms with E-state index in [-0.39, 0.29) is 11.3 Å². The summed E-state index contributed by atoms with van der Waals surface area (Å²) in [5, 5.41) is 0.733. The zero-order chi connectivity index (χ0) is 18.1. The fourth-order valence-corrected chi connectivity index (χ4v) is 3.43. The van der Waals surface area contributed by atoms with Crippen molar-refractivity contribution in [2.45, 2.75) is 0 Å². The molecule has 0 aliphatic heterocycles. The number of rotatable bonds is 3. The van der Waals surface area contributed by atoms with Crippen molar-refractivity contribution in [3.8, 4) is 11.1 Å². The Hall–Kier alpha value is -2.98. The van der Waals surface area contributed by atoms with Crippen molar-refractivity contribution in [2.75, 3.05) is 0 Å². The van der Waals surface area contributed by atoms with Crippen molar-refractivity contribution >= 4 is 32.7 Å². The molecule has 0 atom stereocenters. The second kappa shape index (κ2) is 6.73. The smallest absolute Gasteiger partial charge is 0.348 e. The third-order valence-corrected chi connectivity index (χ3v) is 4.68. The van der Waals surface area contributed by atoms with Crippen LogP contribution < -0.4 is 5.63 Å². The molecule has 1 aromatic heterocycles. The number of benzene rings is 3. The van der Waals surface area contributed by atoms with E-state index >= 15 is 0 Å². The molecule has 1 heterocycles. The van der Waals surface area contributed by atoms with E-state index in [0.29, 0.717) is 16.7 Å². The quantitative estimate of drug-likeness (QED) is 0.336. The Balaban J connectivity index is 2.07. The first-order valence-corrected chi connectivity index (χ1v) is 8.86. The Bertz CT molecular complexity index is 1180. The molecule has 0 bridgehead atoms. The van der Waals surface area contributed by atoms with Gasteiger partial charge in [0.1, 0.15) is 11.1 Å². The summed E-state index contributed by atoms with van der Waals surface area (Å²) in [6.45, 7) is 0. The van der Waals surface area contributed by atoms with Crippen LogP contribution in [0.25, 0.3) is 22.1 Å². The maximum Gasteiger partial charge on any atom is 0.348 e. The van der Waals surface area contributed by atoms with Gasteiger partial charge in [-0.15, -0.1) is 0 Å². The molecular weight excluding hydrogens is 392 g/mol. The van der Waals surface area contributed by atoms with Crippen LogP contribution in [-0.2, 0) is 0 Å². The minimum absolute atomic E-state index is 0.0491. The molecule has 3 nitrogen and oxygen atoms in total. The minimum Gasteiger partial charge on any atom is -0.422 e. The molecule has 0 fully saturated rings. The second-order valence-corrected chi connectivity index (χ2v) is 6.76. The predicted octanol–water partition coefficient (Wildman–Crippen LogP) is 5.45. The van der Waals surface area contributed by atoms with Gasteiger partial charge in [-0.2, -0.15) is 0 Å². The number of carbonyl (C=O) groups excluding carboxylic acids is 1. The van der Waals surface area contributed by atoms with Crippen LogP contribution in [0.5, 0.6) is 0 Å². The average Bonchev–Trinajstić information content (AvgIpc) is 2.67. The lowest BCUT2D eigenvalue weighted by Gasteiger charge is -2.11. The molecule has 4 aromatic rings. The largest absolute Gasteiger partial charge is 0.422 e. The lowest BCUT2D eigenvalue weighted by Crippen LogP contribution is -2.17. The molecule has 126 valence electrons. The van der Waals surface area contributed by atoms with Gasteiger partial charge in [0.05, 0.1) is 0 Å². The monoisotopic (exact) mass is 404 g/mol. The second-order valence-electron chi connectivity index (χ2n) is 5.84. The SMILES string of the molecule is O=C(c1cccc(Br)c1)c1c(-c2ccccc2)c2ccccc2oc1=O. The molecule has 0 amide bonds. The van der Waals surface area contributed by atoms with Crippen LogP contribution in [0.2, 0.25) is 0 Å². The molecule has 26 heavy (non-hydrogen) atoms. The summed E-state index contributed by atoms with van der Waals surface area (Å²) in [6, 6.07) is 23.7. The van der Waals surface area contributed by atoms with E-state index in [1.165, 1.54) is 0 Å². The number of hydrogen-bond donors (Lipinski definition) is 0. The van der Waals surface area contributed by atoms with Gasteiger partial charge in [-0.3, -0.25) is 4.79 Å².